The zero-order valence-electron chi connectivity index (χ0n) is 14.4. The van der Waals surface area contributed by atoms with Crippen LogP contribution in [-0.4, -0.2) is 6.21 Å². The standard InChI is InChI=1S/C22H20FNO/c1-16-7-12-21(13-17(16)2)24-14-19-5-3-4-6-22(19)25-15-18-8-10-20(23)11-9-18/h3-14H,15H2,1-2H3. The average Bonchev–Trinajstić information content (AvgIpc) is 2.63. The Hall–Kier alpha value is -2.94. The Labute approximate surface area is 147 Å². The van der Waals surface area contributed by atoms with Gasteiger partial charge in [-0.3, -0.25) is 4.99 Å². The molecular weight excluding hydrogens is 313 g/mol. The lowest BCUT2D eigenvalue weighted by Gasteiger charge is -2.09. The van der Waals surface area contributed by atoms with Gasteiger partial charge in [0.1, 0.15) is 18.2 Å². The van der Waals surface area contributed by atoms with Gasteiger partial charge in [0.2, 0.25) is 0 Å². The van der Waals surface area contributed by atoms with E-state index in [1.165, 1.54) is 23.3 Å². The predicted molar refractivity (Wildman–Crippen MR) is 100 cm³/mol. The van der Waals surface area contributed by atoms with Gasteiger partial charge in [-0.15, -0.1) is 0 Å². The lowest BCUT2D eigenvalue weighted by atomic mass is 10.1. The third-order valence-electron chi connectivity index (χ3n) is 4.07. The molecule has 0 heterocycles. The Balaban J connectivity index is 1.74. The van der Waals surface area contributed by atoms with Crippen LogP contribution in [0.3, 0.4) is 0 Å². The summed E-state index contributed by atoms with van der Waals surface area (Å²) in [6.45, 7) is 4.55. The van der Waals surface area contributed by atoms with Crippen LogP contribution in [0.15, 0.2) is 71.7 Å². The zero-order valence-corrected chi connectivity index (χ0v) is 14.4. The van der Waals surface area contributed by atoms with E-state index in [0.717, 1.165) is 22.6 Å². The summed E-state index contributed by atoms with van der Waals surface area (Å²) in [5, 5.41) is 0. The molecule has 0 aliphatic heterocycles. The van der Waals surface area contributed by atoms with Gasteiger partial charge in [0.15, 0.2) is 0 Å². The van der Waals surface area contributed by atoms with E-state index in [0.29, 0.717) is 6.61 Å². The molecule has 0 atom stereocenters. The molecule has 0 unspecified atom stereocenters. The predicted octanol–water partition coefficient (Wildman–Crippen LogP) is 5.77. The van der Waals surface area contributed by atoms with Gasteiger partial charge in [0.05, 0.1) is 5.69 Å². The molecule has 0 fully saturated rings. The molecule has 0 aliphatic rings. The summed E-state index contributed by atoms with van der Waals surface area (Å²) >= 11 is 0. The van der Waals surface area contributed by atoms with E-state index in [1.54, 1.807) is 12.1 Å². The number of aliphatic imine (C=N–C) groups is 1. The first-order valence-electron chi connectivity index (χ1n) is 8.19. The SMILES string of the molecule is Cc1ccc(N=Cc2ccccc2OCc2ccc(F)cc2)cc1C. The van der Waals surface area contributed by atoms with E-state index in [1.807, 2.05) is 36.5 Å². The van der Waals surface area contributed by atoms with Gasteiger partial charge in [0, 0.05) is 11.8 Å². The summed E-state index contributed by atoms with van der Waals surface area (Å²) in [5.41, 5.74) is 5.21. The molecule has 0 aromatic heterocycles. The van der Waals surface area contributed by atoms with Gasteiger partial charge in [-0.05, 0) is 66.9 Å². The van der Waals surface area contributed by atoms with E-state index in [2.05, 4.69) is 31.0 Å². The second-order valence-corrected chi connectivity index (χ2v) is 5.98. The molecule has 0 radical (unpaired) electrons. The molecule has 0 saturated carbocycles. The summed E-state index contributed by atoms with van der Waals surface area (Å²) in [7, 11) is 0. The number of benzene rings is 3. The number of aryl methyl sites for hydroxylation is 2. The normalized spacial score (nSPS) is 11.0. The first-order valence-corrected chi connectivity index (χ1v) is 8.19. The second kappa shape index (κ2) is 7.75. The first kappa shape index (κ1) is 16.9. The fourth-order valence-corrected chi connectivity index (χ4v) is 2.41. The molecule has 0 bridgehead atoms. The zero-order chi connectivity index (χ0) is 17.6. The van der Waals surface area contributed by atoms with Gasteiger partial charge in [-0.2, -0.15) is 0 Å². The highest BCUT2D eigenvalue weighted by molar-refractivity contribution is 5.85. The summed E-state index contributed by atoms with van der Waals surface area (Å²) in [6.07, 6.45) is 1.81. The smallest absolute Gasteiger partial charge is 0.128 e. The number of hydrogen-bond donors (Lipinski definition) is 0. The fourth-order valence-electron chi connectivity index (χ4n) is 2.41. The molecule has 3 rings (SSSR count). The van der Waals surface area contributed by atoms with E-state index < -0.39 is 0 Å². The minimum absolute atomic E-state index is 0.246. The Bertz CT molecular complexity index is 885. The Morgan fingerprint density at radius 3 is 2.44 bits per heavy atom. The quantitative estimate of drug-likeness (QED) is 0.543. The summed E-state index contributed by atoms with van der Waals surface area (Å²) in [6, 6.07) is 20.2. The van der Waals surface area contributed by atoms with Crippen molar-refractivity contribution in [3.05, 3.63) is 94.8 Å². The number of nitrogens with zero attached hydrogens (tertiary/aromatic N) is 1. The van der Waals surface area contributed by atoms with Crippen LogP contribution in [0.25, 0.3) is 0 Å². The maximum Gasteiger partial charge on any atom is 0.128 e. The second-order valence-electron chi connectivity index (χ2n) is 5.98. The van der Waals surface area contributed by atoms with Crippen LogP contribution in [0.4, 0.5) is 10.1 Å². The van der Waals surface area contributed by atoms with Crippen LogP contribution in [0.5, 0.6) is 5.75 Å². The molecule has 0 saturated heterocycles. The number of hydrogen-bond acceptors (Lipinski definition) is 2. The van der Waals surface area contributed by atoms with Crippen molar-refractivity contribution in [2.45, 2.75) is 20.5 Å². The molecule has 0 spiro atoms. The maximum absolute atomic E-state index is 13.0. The molecule has 3 heteroatoms. The average molecular weight is 333 g/mol. The molecule has 126 valence electrons. The van der Waals surface area contributed by atoms with Crippen molar-refractivity contribution in [1.82, 2.24) is 0 Å². The van der Waals surface area contributed by atoms with E-state index in [9.17, 15) is 4.39 Å². The van der Waals surface area contributed by atoms with Crippen molar-refractivity contribution in [1.29, 1.82) is 0 Å². The summed E-state index contributed by atoms with van der Waals surface area (Å²) in [5.74, 6) is 0.504. The van der Waals surface area contributed by atoms with Gasteiger partial charge in [0.25, 0.3) is 0 Å². The van der Waals surface area contributed by atoms with Crippen molar-refractivity contribution in [2.24, 2.45) is 4.99 Å². The number of para-hydroxylation sites is 1. The van der Waals surface area contributed by atoms with E-state index >= 15 is 0 Å². The topological polar surface area (TPSA) is 21.6 Å². The van der Waals surface area contributed by atoms with E-state index in [4.69, 9.17) is 4.74 Å². The molecule has 3 aromatic carbocycles. The van der Waals surface area contributed by atoms with Gasteiger partial charge >= 0.3 is 0 Å². The molecule has 25 heavy (non-hydrogen) atoms. The minimum Gasteiger partial charge on any atom is -0.488 e. The Morgan fingerprint density at radius 1 is 0.920 bits per heavy atom. The molecule has 0 amide bonds. The largest absolute Gasteiger partial charge is 0.488 e. The van der Waals surface area contributed by atoms with Crippen LogP contribution in [0, 0.1) is 19.7 Å². The Morgan fingerprint density at radius 2 is 1.68 bits per heavy atom. The number of ether oxygens (including phenoxy) is 1. The summed E-state index contributed by atoms with van der Waals surface area (Å²) in [4.78, 5) is 4.55. The van der Waals surface area contributed by atoms with Crippen LogP contribution in [0.1, 0.15) is 22.3 Å². The highest BCUT2D eigenvalue weighted by Crippen LogP contribution is 2.21. The first-order chi connectivity index (χ1) is 12.1. The maximum atomic E-state index is 13.0. The van der Waals surface area contributed by atoms with Crippen molar-refractivity contribution >= 4 is 11.9 Å². The van der Waals surface area contributed by atoms with Crippen molar-refractivity contribution in [3.8, 4) is 5.75 Å². The minimum atomic E-state index is -0.246. The highest BCUT2D eigenvalue weighted by Gasteiger charge is 2.02. The van der Waals surface area contributed by atoms with Gasteiger partial charge < -0.3 is 4.74 Å². The van der Waals surface area contributed by atoms with Gasteiger partial charge in [-0.1, -0.05) is 30.3 Å². The third kappa shape index (κ3) is 4.54. The molecule has 0 N–H and O–H groups in total. The van der Waals surface area contributed by atoms with Crippen LogP contribution in [0.2, 0.25) is 0 Å². The molecule has 2 nitrogen and oxygen atoms in total. The van der Waals surface area contributed by atoms with Crippen molar-refractivity contribution < 1.29 is 9.13 Å². The van der Waals surface area contributed by atoms with Crippen molar-refractivity contribution in [3.63, 3.8) is 0 Å². The lowest BCUT2D eigenvalue weighted by molar-refractivity contribution is 0.305. The summed E-state index contributed by atoms with van der Waals surface area (Å²) < 4.78 is 18.9. The highest BCUT2D eigenvalue weighted by atomic mass is 19.1. The fraction of sp³-hybridized carbons (Fsp3) is 0.136. The Kier molecular flexibility index (Phi) is 5.24. The van der Waals surface area contributed by atoms with E-state index in [-0.39, 0.29) is 5.82 Å². The van der Waals surface area contributed by atoms with Crippen LogP contribution in [-0.2, 0) is 6.61 Å². The monoisotopic (exact) mass is 333 g/mol. The third-order valence-corrected chi connectivity index (χ3v) is 4.07. The van der Waals surface area contributed by atoms with Crippen LogP contribution < -0.4 is 4.74 Å². The van der Waals surface area contributed by atoms with Gasteiger partial charge in [-0.25, -0.2) is 4.39 Å². The number of rotatable bonds is 5. The molecular formula is C22H20FNO. The van der Waals surface area contributed by atoms with Crippen molar-refractivity contribution in [2.75, 3.05) is 0 Å². The van der Waals surface area contributed by atoms with Crippen LogP contribution >= 0.6 is 0 Å². The molecule has 3 aromatic rings. The lowest BCUT2D eigenvalue weighted by Crippen LogP contribution is -1.98. The molecule has 0 aliphatic carbocycles. The number of halogens is 1.